The molecule has 2 aromatic rings. The largest absolute Gasteiger partial charge is 0.386 e. The van der Waals surface area contributed by atoms with Gasteiger partial charge in [0.25, 0.3) is 0 Å². The number of hydrogen-bond acceptors (Lipinski definition) is 10. The van der Waals surface area contributed by atoms with Crippen LogP contribution in [-0.4, -0.2) is 92.8 Å². The van der Waals surface area contributed by atoms with Gasteiger partial charge in [-0.05, 0) is 0 Å². The van der Waals surface area contributed by atoms with Crippen molar-refractivity contribution in [2.75, 3.05) is 32.6 Å². The molecule has 0 aliphatic carbocycles. The number of aliphatic hydroxyl groups excluding tert-OH is 2. The molecule has 13 nitrogen and oxygen atoms in total. The summed E-state index contributed by atoms with van der Waals surface area (Å²) in [6, 6.07) is 0. The summed E-state index contributed by atoms with van der Waals surface area (Å²) in [6.45, 7) is 0.935. The molecule has 4 atom stereocenters. The van der Waals surface area contributed by atoms with Crippen LogP contribution in [0.1, 0.15) is 6.23 Å². The fourth-order valence-electron chi connectivity index (χ4n) is 2.74. The molecular formula is C13H20N6O7S. The van der Waals surface area contributed by atoms with Gasteiger partial charge in [-0.15, -0.1) is 0 Å². The van der Waals surface area contributed by atoms with Crippen LogP contribution in [0.15, 0.2) is 12.7 Å². The Kier molecular flexibility index (Phi) is 5.57. The molecule has 1 aliphatic rings. The van der Waals surface area contributed by atoms with Crippen LogP contribution in [-0.2, 0) is 19.8 Å². The van der Waals surface area contributed by atoms with Crippen LogP contribution >= 0.6 is 0 Å². The number of hydrogen-bond donors (Lipinski definition) is 4. The van der Waals surface area contributed by atoms with Gasteiger partial charge in [0.15, 0.2) is 29.4 Å². The Morgan fingerprint density at radius 2 is 2.07 bits per heavy atom. The lowest BCUT2D eigenvalue weighted by Crippen LogP contribution is -2.44. The van der Waals surface area contributed by atoms with Gasteiger partial charge in [-0.3, -0.25) is 9.12 Å². The van der Waals surface area contributed by atoms with Crippen molar-refractivity contribution in [1.82, 2.24) is 23.8 Å². The van der Waals surface area contributed by atoms with Crippen LogP contribution in [0.25, 0.3) is 11.2 Å². The molecule has 0 amide bonds. The predicted molar refractivity (Wildman–Crippen MR) is 90.9 cm³/mol. The monoisotopic (exact) mass is 404 g/mol. The highest BCUT2D eigenvalue weighted by Gasteiger charge is 2.48. The Morgan fingerprint density at radius 3 is 2.74 bits per heavy atom. The Balaban J connectivity index is 1.90. The molecule has 150 valence electrons. The minimum Gasteiger partial charge on any atom is -0.386 e. The molecule has 1 saturated heterocycles. The molecule has 0 radical (unpaired) electrons. The maximum atomic E-state index is 11.3. The Morgan fingerprint density at radius 1 is 1.33 bits per heavy atom. The van der Waals surface area contributed by atoms with Crippen molar-refractivity contribution in [2.45, 2.75) is 24.7 Å². The van der Waals surface area contributed by atoms with Gasteiger partial charge in [-0.1, -0.05) is 0 Å². The van der Waals surface area contributed by atoms with Crippen molar-refractivity contribution < 1.29 is 32.7 Å². The van der Waals surface area contributed by atoms with Crippen LogP contribution in [0.4, 0.5) is 5.82 Å². The third-order valence-electron chi connectivity index (χ3n) is 4.17. The highest BCUT2D eigenvalue weighted by atomic mass is 32.2. The van der Waals surface area contributed by atoms with Gasteiger partial charge in [-0.2, -0.15) is 12.7 Å². The van der Waals surface area contributed by atoms with Crippen molar-refractivity contribution in [1.29, 1.82) is 0 Å². The van der Waals surface area contributed by atoms with Gasteiger partial charge in [0.1, 0.15) is 18.5 Å². The molecule has 1 fully saturated rings. The van der Waals surface area contributed by atoms with E-state index in [1.807, 2.05) is 0 Å². The molecule has 4 N–H and O–H groups in total. The van der Waals surface area contributed by atoms with Crippen molar-refractivity contribution in [3.05, 3.63) is 12.7 Å². The Bertz CT molecular complexity index is 906. The summed E-state index contributed by atoms with van der Waals surface area (Å²) in [7, 11) is -2.05. The molecule has 1 aliphatic heterocycles. The summed E-state index contributed by atoms with van der Waals surface area (Å²) in [4.78, 5) is 12.4. The van der Waals surface area contributed by atoms with E-state index in [1.54, 1.807) is 7.11 Å². The fraction of sp³-hybridized carbons (Fsp3) is 0.615. The molecule has 0 aromatic carbocycles. The number of fused-ring (bicyclic) bond motifs is 1. The van der Waals surface area contributed by atoms with E-state index in [2.05, 4.69) is 20.3 Å². The fourth-order valence-corrected chi connectivity index (χ4v) is 3.18. The number of aliphatic hydroxyl groups is 2. The first-order valence-corrected chi connectivity index (χ1v) is 9.27. The van der Waals surface area contributed by atoms with E-state index in [1.165, 1.54) is 17.2 Å². The minimum absolute atomic E-state index is 0.302. The zero-order valence-corrected chi connectivity index (χ0v) is 15.3. The first-order chi connectivity index (χ1) is 12.8. The van der Waals surface area contributed by atoms with Crippen LogP contribution in [0.2, 0.25) is 0 Å². The van der Waals surface area contributed by atoms with Crippen LogP contribution in [0.3, 0.4) is 0 Å². The second-order valence-electron chi connectivity index (χ2n) is 5.86. The van der Waals surface area contributed by atoms with Gasteiger partial charge in [0.2, 0.25) is 0 Å². The average molecular weight is 404 g/mol. The van der Waals surface area contributed by atoms with Gasteiger partial charge >= 0.3 is 10.3 Å². The zero-order valence-electron chi connectivity index (χ0n) is 14.5. The molecule has 0 bridgehead atoms. The average Bonchev–Trinajstić information content (AvgIpc) is 3.16. The normalized spacial score (nSPS) is 26.1. The number of nitrogens with one attached hydrogen (secondary N) is 1. The van der Waals surface area contributed by atoms with E-state index >= 15 is 0 Å². The van der Waals surface area contributed by atoms with Gasteiger partial charge in [0.05, 0.1) is 12.9 Å². The highest BCUT2D eigenvalue weighted by molar-refractivity contribution is 7.83. The first-order valence-electron chi connectivity index (χ1n) is 7.88. The molecule has 27 heavy (non-hydrogen) atoms. The number of methoxy groups -OCH3 is 1. The van der Waals surface area contributed by atoms with Crippen LogP contribution in [0.5, 0.6) is 0 Å². The second-order valence-corrected chi connectivity index (χ2v) is 7.33. The summed E-state index contributed by atoms with van der Waals surface area (Å²) >= 11 is 0. The lowest BCUT2D eigenvalue weighted by Gasteiger charge is -2.22. The predicted octanol–water partition coefficient (Wildman–Crippen LogP) is -1.80. The maximum Gasteiger partial charge on any atom is 0.337 e. The minimum atomic E-state index is -4.63. The third kappa shape index (κ3) is 3.73. The maximum absolute atomic E-state index is 11.3. The molecule has 0 spiro atoms. The van der Waals surface area contributed by atoms with Crippen molar-refractivity contribution >= 4 is 27.3 Å². The molecule has 0 saturated carbocycles. The molecule has 14 heteroatoms. The number of rotatable bonds is 7. The van der Waals surface area contributed by atoms with Crippen molar-refractivity contribution in [3.63, 3.8) is 0 Å². The van der Waals surface area contributed by atoms with Crippen LogP contribution < -0.4 is 5.32 Å². The van der Waals surface area contributed by atoms with Crippen molar-refractivity contribution in [3.8, 4) is 0 Å². The second kappa shape index (κ2) is 7.59. The summed E-state index contributed by atoms with van der Waals surface area (Å²) in [5, 5.41) is 23.5. The van der Waals surface area contributed by atoms with Crippen molar-refractivity contribution in [2.24, 2.45) is 0 Å². The highest BCUT2D eigenvalue weighted by Crippen LogP contribution is 2.33. The summed E-state index contributed by atoms with van der Waals surface area (Å²) < 4.78 is 44.0. The number of likely N-dealkylation sites (N-methyl/N-ethyl adjacent to an activating group) is 1. The lowest BCUT2D eigenvalue weighted by molar-refractivity contribution is -0.0723. The quantitative estimate of drug-likeness (QED) is 0.303. The van der Waals surface area contributed by atoms with E-state index in [-0.39, 0.29) is 0 Å². The number of imidazole rings is 1. The third-order valence-corrected chi connectivity index (χ3v) is 5.10. The summed E-state index contributed by atoms with van der Waals surface area (Å²) in [6.07, 6.45) is -3.14. The van der Waals surface area contributed by atoms with E-state index in [9.17, 15) is 18.6 Å². The van der Waals surface area contributed by atoms with Gasteiger partial charge in [-0.25, -0.2) is 15.0 Å². The van der Waals surface area contributed by atoms with Crippen LogP contribution in [0, 0.1) is 0 Å². The van der Waals surface area contributed by atoms with E-state index in [0.29, 0.717) is 34.4 Å². The lowest BCUT2D eigenvalue weighted by atomic mass is 10.2. The molecule has 3 heterocycles. The first kappa shape index (κ1) is 19.8. The molecule has 2 aromatic heterocycles. The van der Waals surface area contributed by atoms with Gasteiger partial charge in [0, 0.05) is 20.7 Å². The molecule has 0 unspecified atom stereocenters. The Hall–Kier alpha value is -1.94. The van der Waals surface area contributed by atoms with E-state index in [0.717, 1.165) is 7.05 Å². The number of aromatic nitrogens is 4. The molecular weight excluding hydrogens is 384 g/mol. The Labute approximate surface area is 154 Å². The number of nitrogens with zero attached hydrogens (tertiary/aromatic N) is 5. The smallest absolute Gasteiger partial charge is 0.337 e. The summed E-state index contributed by atoms with van der Waals surface area (Å²) in [5.74, 6) is 0.440. The summed E-state index contributed by atoms with van der Waals surface area (Å²) in [5.41, 5.74) is 0.696. The van der Waals surface area contributed by atoms with E-state index < -0.39 is 35.0 Å². The number of ether oxygens (including phenoxy) is 2. The number of anilines is 1. The molecule has 3 rings (SSSR count). The zero-order chi connectivity index (χ0) is 19.8. The van der Waals surface area contributed by atoms with E-state index in [4.69, 9.17) is 14.0 Å². The topological polar surface area (TPSA) is 172 Å². The van der Waals surface area contributed by atoms with Gasteiger partial charge < -0.3 is 25.0 Å². The standard InChI is InChI=1S/C13H20N6O7S/c1-18(27(22,23)24)12-8(20)9(21)13(26-12)19-6-17-7-10(14-3-4-25-2)15-5-16-11(7)19/h5-6,8-9,12-13,20-21H,3-4H2,1-2H3,(H,14,15,16)(H,22,23,24)/t8-,9+,12+,13+/m0/s1. The SMILES string of the molecule is COCCNc1ncnc2c1ncn2[C@@H]1O[C@@H](N(C)S(=O)(=O)O)[C@@H](O)[C@H]1O.